The number of carbonyl (C=O) groups is 1. The number of para-hydroxylation sites is 1. The van der Waals surface area contributed by atoms with Crippen molar-refractivity contribution in [3.63, 3.8) is 0 Å². The van der Waals surface area contributed by atoms with Gasteiger partial charge in [0.15, 0.2) is 0 Å². The molecule has 0 saturated heterocycles. The molecule has 2 aromatic carbocycles. The smallest absolute Gasteiger partial charge is 0.321 e. The van der Waals surface area contributed by atoms with Gasteiger partial charge in [0.25, 0.3) is 5.91 Å². The summed E-state index contributed by atoms with van der Waals surface area (Å²) >= 11 is 0. The maximum absolute atomic E-state index is 12.3. The molecule has 27 heavy (non-hydrogen) atoms. The lowest BCUT2D eigenvalue weighted by atomic mass is 10.1. The Morgan fingerprint density at radius 1 is 0.889 bits per heavy atom. The molecule has 0 aliphatic heterocycles. The second-order valence-electron chi connectivity index (χ2n) is 6.70. The van der Waals surface area contributed by atoms with Crippen molar-refractivity contribution in [1.82, 2.24) is 15.3 Å². The molecule has 1 aliphatic rings. The highest BCUT2D eigenvalue weighted by atomic mass is 16.5. The van der Waals surface area contributed by atoms with Crippen molar-refractivity contribution in [3.8, 4) is 22.9 Å². The third-order valence-electron chi connectivity index (χ3n) is 4.75. The lowest BCUT2D eigenvalue weighted by molar-refractivity contribution is 0.0938. The molecule has 1 fully saturated rings. The van der Waals surface area contributed by atoms with Gasteiger partial charge in [-0.25, -0.2) is 9.97 Å². The maximum Gasteiger partial charge on any atom is 0.321 e. The highest BCUT2D eigenvalue weighted by Crippen LogP contribution is 2.22. The standard InChI is InChI=1S/C22H21N3O2/c26-21(25-19-6-4-5-7-19)17-12-10-16(11-13-17)18-14-23-22(24-15-18)27-20-8-2-1-3-9-20/h1-3,8-15,19H,4-7H2,(H,25,26). The van der Waals surface area contributed by atoms with Crippen molar-refractivity contribution in [1.29, 1.82) is 0 Å². The van der Waals surface area contributed by atoms with Gasteiger partial charge in [-0.3, -0.25) is 4.79 Å². The summed E-state index contributed by atoms with van der Waals surface area (Å²) in [5, 5.41) is 3.10. The Morgan fingerprint density at radius 3 is 2.22 bits per heavy atom. The van der Waals surface area contributed by atoms with E-state index >= 15 is 0 Å². The van der Waals surface area contributed by atoms with Gasteiger partial charge in [0.2, 0.25) is 0 Å². The lowest BCUT2D eigenvalue weighted by Crippen LogP contribution is -2.32. The van der Waals surface area contributed by atoms with E-state index in [1.165, 1.54) is 12.8 Å². The summed E-state index contributed by atoms with van der Waals surface area (Å²) in [6.07, 6.45) is 8.01. The van der Waals surface area contributed by atoms with Gasteiger partial charge in [-0.15, -0.1) is 0 Å². The average Bonchev–Trinajstić information content (AvgIpc) is 3.22. The number of rotatable bonds is 5. The summed E-state index contributed by atoms with van der Waals surface area (Å²) in [7, 11) is 0. The molecule has 0 bridgehead atoms. The number of nitrogens with zero attached hydrogens (tertiary/aromatic N) is 2. The molecule has 1 aromatic heterocycles. The van der Waals surface area contributed by atoms with E-state index in [2.05, 4.69) is 15.3 Å². The number of benzene rings is 2. The van der Waals surface area contributed by atoms with Crippen LogP contribution in [0.5, 0.6) is 11.8 Å². The maximum atomic E-state index is 12.3. The van der Waals surface area contributed by atoms with E-state index in [1.54, 1.807) is 12.4 Å². The minimum absolute atomic E-state index is 0.00342. The molecule has 0 unspecified atom stereocenters. The number of hydrogen-bond donors (Lipinski definition) is 1. The molecule has 1 amide bonds. The number of aromatic nitrogens is 2. The van der Waals surface area contributed by atoms with Crippen LogP contribution < -0.4 is 10.1 Å². The summed E-state index contributed by atoms with van der Waals surface area (Å²) in [5.41, 5.74) is 2.51. The molecule has 0 spiro atoms. The van der Waals surface area contributed by atoms with Crippen LogP contribution >= 0.6 is 0 Å². The van der Waals surface area contributed by atoms with Crippen LogP contribution in [-0.4, -0.2) is 21.9 Å². The first-order valence-corrected chi connectivity index (χ1v) is 9.24. The fourth-order valence-corrected chi connectivity index (χ4v) is 3.26. The topological polar surface area (TPSA) is 64.1 Å². The number of nitrogens with one attached hydrogen (secondary N) is 1. The molecule has 136 valence electrons. The first-order chi connectivity index (χ1) is 13.3. The van der Waals surface area contributed by atoms with Gasteiger partial charge in [0.1, 0.15) is 5.75 Å². The Morgan fingerprint density at radius 2 is 1.56 bits per heavy atom. The zero-order chi connectivity index (χ0) is 18.5. The summed E-state index contributed by atoms with van der Waals surface area (Å²) in [4.78, 5) is 20.8. The predicted molar refractivity (Wildman–Crippen MR) is 104 cm³/mol. The first-order valence-electron chi connectivity index (χ1n) is 9.24. The Kier molecular flexibility index (Phi) is 5.10. The van der Waals surface area contributed by atoms with Gasteiger partial charge in [0, 0.05) is 29.6 Å². The van der Waals surface area contributed by atoms with Crippen molar-refractivity contribution >= 4 is 5.91 Å². The quantitative estimate of drug-likeness (QED) is 0.723. The van der Waals surface area contributed by atoms with E-state index in [-0.39, 0.29) is 5.91 Å². The Bertz CT molecular complexity index is 887. The number of hydrogen-bond acceptors (Lipinski definition) is 4. The van der Waals surface area contributed by atoms with Crippen LogP contribution in [0.3, 0.4) is 0 Å². The Hall–Kier alpha value is -3.21. The largest absolute Gasteiger partial charge is 0.424 e. The molecule has 3 aromatic rings. The average molecular weight is 359 g/mol. The molecule has 0 radical (unpaired) electrons. The molecule has 1 saturated carbocycles. The summed E-state index contributed by atoms with van der Waals surface area (Å²) in [6.45, 7) is 0. The van der Waals surface area contributed by atoms with Gasteiger partial charge >= 0.3 is 6.01 Å². The summed E-state index contributed by atoms with van der Waals surface area (Å²) in [5.74, 6) is 0.694. The minimum Gasteiger partial charge on any atom is -0.424 e. The monoisotopic (exact) mass is 359 g/mol. The highest BCUT2D eigenvalue weighted by molar-refractivity contribution is 5.94. The third-order valence-corrected chi connectivity index (χ3v) is 4.75. The highest BCUT2D eigenvalue weighted by Gasteiger charge is 2.17. The van der Waals surface area contributed by atoms with Gasteiger partial charge < -0.3 is 10.1 Å². The van der Waals surface area contributed by atoms with Crippen LogP contribution in [0.2, 0.25) is 0 Å². The van der Waals surface area contributed by atoms with Crippen molar-refractivity contribution in [2.75, 3.05) is 0 Å². The van der Waals surface area contributed by atoms with Crippen molar-refractivity contribution < 1.29 is 9.53 Å². The normalized spacial score (nSPS) is 14.1. The van der Waals surface area contributed by atoms with Crippen molar-refractivity contribution in [2.45, 2.75) is 31.7 Å². The lowest BCUT2D eigenvalue weighted by Gasteiger charge is -2.12. The van der Waals surface area contributed by atoms with Crippen LogP contribution in [0, 0.1) is 0 Å². The van der Waals surface area contributed by atoms with Gasteiger partial charge in [-0.2, -0.15) is 0 Å². The van der Waals surface area contributed by atoms with E-state index in [1.807, 2.05) is 54.6 Å². The number of carbonyl (C=O) groups excluding carboxylic acids is 1. The molecule has 5 nitrogen and oxygen atoms in total. The molecule has 1 aliphatic carbocycles. The fourth-order valence-electron chi connectivity index (χ4n) is 3.26. The second-order valence-corrected chi connectivity index (χ2v) is 6.70. The van der Waals surface area contributed by atoms with E-state index in [0.717, 1.165) is 24.0 Å². The van der Waals surface area contributed by atoms with E-state index < -0.39 is 0 Å². The molecule has 1 heterocycles. The van der Waals surface area contributed by atoms with E-state index in [4.69, 9.17) is 4.74 Å². The zero-order valence-corrected chi connectivity index (χ0v) is 15.0. The second kappa shape index (κ2) is 7.99. The van der Waals surface area contributed by atoms with Crippen LogP contribution in [0.4, 0.5) is 0 Å². The molecular weight excluding hydrogens is 338 g/mol. The summed E-state index contributed by atoms with van der Waals surface area (Å²) in [6, 6.07) is 17.6. The van der Waals surface area contributed by atoms with Gasteiger partial charge in [0.05, 0.1) is 0 Å². The van der Waals surface area contributed by atoms with Gasteiger partial charge in [-0.1, -0.05) is 43.2 Å². The Balaban J connectivity index is 1.41. The van der Waals surface area contributed by atoms with Crippen LogP contribution in [0.15, 0.2) is 67.0 Å². The molecule has 0 atom stereocenters. The third kappa shape index (κ3) is 4.31. The summed E-state index contributed by atoms with van der Waals surface area (Å²) < 4.78 is 5.61. The molecule has 1 N–H and O–H groups in total. The minimum atomic E-state index is -0.00342. The van der Waals surface area contributed by atoms with Crippen LogP contribution in [-0.2, 0) is 0 Å². The van der Waals surface area contributed by atoms with Gasteiger partial charge in [-0.05, 0) is 42.7 Å². The van der Waals surface area contributed by atoms with Crippen LogP contribution in [0.25, 0.3) is 11.1 Å². The molecular formula is C22H21N3O2. The molecule has 5 heteroatoms. The van der Waals surface area contributed by atoms with E-state index in [9.17, 15) is 4.79 Å². The van der Waals surface area contributed by atoms with Crippen molar-refractivity contribution in [2.24, 2.45) is 0 Å². The number of amides is 1. The first kappa shape index (κ1) is 17.2. The predicted octanol–water partition coefficient (Wildman–Crippen LogP) is 4.61. The fraction of sp³-hybridized carbons (Fsp3) is 0.227. The van der Waals surface area contributed by atoms with E-state index in [0.29, 0.717) is 23.4 Å². The SMILES string of the molecule is O=C(NC1CCCC1)c1ccc(-c2cnc(Oc3ccccc3)nc2)cc1. The Labute approximate surface area is 158 Å². The van der Waals surface area contributed by atoms with Crippen LogP contribution in [0.1, 0.15) is 36.0 Å². The zero-order valence-electron chi connectivity index (χ0n) is 15.0. The number of ether oxygens (including phenoxy) is 1. The molecule has 4 rings (SSSR count). The van der Waals surface area contributed by atoms with Crippen molar-refractivity contribution in [3.05, 3.63) is 72.6 Å².